The standard InChI is InChI=1S/C12H10ClNO3/c1-7-10(12(15)17-14-7)6-8-5-9(13)3-4-11(8)16-2/h3-6,14H,1H2,2H3. The van der Waals surface area contributed by atoms with Gasteiger partial charge in [0, 0.05) is 10.6 Å². The predicted octanol–water partition coefficient (Wildman–Crippen LogP) is 0.869. The largest absolute Gasteiger partial charge is 0.496 e. The van der Waals surface area contributed by atoms with Gasteiger partial charge in [-0.2, -0.15) is 0 Å². The lowest BCUT2D eigenvalue weighted by Crippen LogP contribution is -2.31. The minimum Gasteiger partial charge on any atom is -0.496 e. The highest BCUT2D eigenvalue weighted by molar-refractivity contribution is 6.30. The van der Waals surface area contributed by atoms with Crippen LogP contribution in [0.4, 0.5) is 0 Å². The molecular weight excluding hydrogens is 242 g/mol. The number of methoxy groups -OCH3 is 1. The highest BCUT2D eigenvalue weighted by Crippen LogP contribution is 2.22. The topological polar surface area (TPSA) is 55.2 Å². The number of H-pyrrole nitrogens is 1. The summed E-state index contributed by atoms with van der Waals surface area (Å²) in [5, 5.41) is 3.73. The number of hydrogen-bond acceptors (Lipinski definition) is 3. The summed E-state index contributed by atoms with van der Waals surface area (Å²) < 4.78 is 9.80. The molecule has 2 rings (SSSR count). The van der Waals surface area contributed by atoms with Gasteiger partial charge in [0.2, 0.25) is 0 Å². The Morgan fingerprint density at radius 2 is 2.29 bits per heavy atom. The average molecular weight is 252 g/mol. The summed E-state index contributed by atoms with van der Waals surface area (Å²) in [4.78, 5) is 11.4. The number of hydrogen-bond donors (Lipinski definition) is 1. The third kappa shape index (κ3) is 2.26. The maximum absolute atomic E-state index is 11.4. The van der Waals surface area contributed by atoms with Crippen LogP contribution in [0.25, 0.3) is 12.7 Å². The van der Waals surface area contributed by atoms with Gasteiger partial charge in [-0.05, 0) is 24.3 Å². The Bertz CT molecular complexity index is 669. The Morgan fingerprint density at radius 3 is 2.88 bits per heavy atom. The molecule has 4 nitrogen and oxygen atoms in total. The zero-order valence-electron chi connectivity index (χ0n) is 9.12. The van der Waals surface area contributed by atoms with Gasteiger partial charge in [0.1, 0.15) is 5.75 Å². The first-order valence-electron chi connectivity index (χ1n) is 4.83. The van der Waals surface area contributed by atoms with E-state index >= 15 is 0 Å². The van der Waals surface area contributed by atoms with Gasteiger partial charge in [-0.1, -0.05) is 18.2 Å². The first-order chi connectivity index (χ1) is 8.11. The predicted molar refractivity (Wildman–Crippen MR) is 65.7 cm³/mol. The lowest BCUT2D eigenvalue weighted by molar-refractivity contribution is 0.386. The molecule has 17 heavy (non-hydrogen) atoms. The maximum Gasteiger partial charge on any atom is 0.365 e. The lowest BCUT2D eigenvalue weighted by Gasteiger charge is -2.03. The van der Waals surface area contributed by atoms with Crippen LogP contribution in [0, 0.1) is 0 Å². The third-order valence-electron chi connectivity index (χ3n) is 2.30. The molecule has 0 unspecified atom stereocenters. The minimum absolute atomic E-state index is 0.352. The van der Waals surface area contributed by atoms with Crippen LogP contribution in [-0.4, -0.2) is 12.3 Å². The second kappa shape index (κ2) is 4.51. The van der Waals surface area contributed by atoms with Gasteiger partial charge in [-0.3, -0.25) is 0 Å². The lowest BCUT2D eigenvalue weighted by atomic mass is 10.1. The number of nitrogens with one attached hydrogen (secondary N) is 1. The molecule has 1 heterocycles. The van der Waals surface area contributed by atoms with Gasteiger partial charge in [-0.15, -0.1) is 0 Å². The quantitative estimate of drug-likeness (QED) is 0.862. The molecule has 0 saturated heterocycles. The number of halogens is 1. The Morgan fingerprint density at radius 1 is 1.53 bits per heavy atom. The molecule has 1 N–H and O–H groups in total. The van der Waals surface area contributed by atoms with Gasteiger partial charge in [0.15, 0.2) is 0 Å². The molecule has 0 fully saturated rings. The third-order valence-corrected chi connectivity index (χ3v) is 2.54. The van der Waals surface area contributed by atoms with Crippen LogP contribution in [0.2, 0.25) is 5.02 Å². The Hall–Kier alpha value is -1.94. The fraction of sp³-hybridized carbons (Fsp3) is 0.0833. The van der Waals surface area contributed by atoms with E-state index < -0.39 is 5.63 Å². The van der Waals surface area contributed by atoms with Crippen molar-refractivity contribution in [2.75, 3.05) is 7.11 Å². The van der Waals surface area contributed by atoms with Crippen molar-refractivity contribution < 1.29 is 9.26 Å². The highest BCUT2D eigenvalue weighted by atomic mass is 35.5. The molecular formula is C12H10ClNO3. The van der Waals surface area contributed by atoms with Crippen LogP contribution in [0.1, 0.15) is 5.56 Å². The van der Waals surface area contributed by atoms with E-state index in [1.54, 1.807) is 31.4 Å². The number of aromatic amines is 1. The van der Waals surface area contributed by atoms with E-state index in [4.69, 9.17) is 16.3 Å². The van der Waals surface area contributed by atoms with Gasteiger partial charge in [-0.25, -0.2) is 9.95 Å². The van der Waals surface area contributed by atoms with Crippen LogP contribution < -0.4 is 20.9 Å². The van der Waals surface area contributed by atoms with Crippen LogP contribution in [0.3, 0.4) is 0 Å². The van der Waals surface area contributed by atoms with Crippen molar-refractivity contribution in [2.45, 2.75) is 0 Å². The van der Waals surface area contributed by atoms with Crippen molar-refractivity contribution >= 4 is 24.3 Å². The molecule has 88 valence electrons. The Balaban J connectivity index is 2.71. The van der Waals surface area contributed by atoms with E-state index in [-0.39, 0.29) is 0 Å². The van der Waals surface area contributed by atoms with Crippen LogP contribution in [-0.2, 0) is 0 Å². The zero-order chi connectivity index (χ0) is 12.4. The molecule has 0 spiro atoms. The molecule has 2 aromatic rings. The normalized spacial score (nSPS) is 11.8. The first kappa shape index (κ1) is 11.5. The van der Waals surface area contributed by atoms with E-state index in [9.17, 15) is 4.79 Å². The Kier molecular flexibility index (Phi) is 3.06. The molecule has 0 aliphatic carbocycles. The van der Waals surface area contributed by atoms with Gasteiger partial charge in [0.25, 0.3) is 0 Å². The van der Waals surface area contributed by atoms with Crippen LogP contribution in [0.5, 0.6) is 5.75 Å². The molecule has 1 aromatic heterocycles. The summed E-state index contributed by atoms with van der Waals surface area (Å²) in [5.74, 6) is 0.620. The zero-order valence-corrected chi connectivity index (χ0v) is 9.88. The van der Waals surface area contributed by atoms with Crippen molar-refractivity contribution in [3.63, 3.8) is 0 Å². The smallest absolute Gasteiger partial charge is 0.365 e. The van der Waals surface area contributed by atoms with E-state index in [2.05, 4.69) is 16.3 Å². The van der Waals surface area contributed by atoms with E-state index in [1.165, 1.54) is 0 Å². The fourth-order valence-electron chi connectivity index (χ4n) is 1.46. The molecule has 0 saturated carbocycles. The molecule has 0 aliphatic rings. The molecule has 0 aliphatic heterocycles. The van der Waals surface area contributed by atoms with Crippen molar-refractivity contribution in [3.8, 4) is 5.75 Å². The highest BCUT2D eigenvalue weighted by Gasteiger charge is 2.03. The molecule has 0 bridgehead atoms. The molecule has 0 atom stereocenters. The number of rotatable bonds is 2. The number of aromatic nitrogens is 1. The molecule has 0 amide bonds. The average Bonchev–Trinajstić information content (AvgIpc) is 2.61. The summed E-state index contributed by atoms with van der Waals surface area (Å²) in [6.45, 7) is 3.66. The van der Waals surface area contributed by atoms with E-state index in [1.807, 2.05) is 0 Å². The number of benzene rings is 1. The van der Waals surface area contributed by atoms with Crippen molar-refractivity contribution in [1.82, 2.24) is 5.16 Å². The second-order valence-corrected chi connectivity index (χ2v) is 3.85. The van der Waals surface area contributed by atoms with Gasteiger partial charge >= 0.3 is 5.63 Å². The summed E-state index contributed by atoms with van der Waals surface area (Å²) in [7, 11) is 1.55. The summed E-state index contributed by atoms with van der Waals surface area (Å²) in [5.41, 5.74) is 0.217. The summed E-state index contributed by atoms with van der Waals surface area (Å²) in [6, 6.07) is 5.14. The fourth-order valence-corrected chi connectivity index (χ4v) is 1.64. The van der Waals surface area contributed by atoms with E-state index in [0.717, 1.165) is 0 Å². The monoisotopic (exact) mass is 251 g/mol. The minimum atomic E-state index is -0.475. The second-order valence-electron chi connectivity index (χ2n) is 3.41. The molecule has 0 radical (unpaired) electrons. The molecule has 1 aromatic carbocycles. The van der Waals surface area contributed by atoms with Gasteiger partial charge in [0.05, 0.1) is 17.7 Å². The van der Waals surface area contributed by atoms with Crippen molar-refractivity contribution in [2.24, 2.45) is 0 Å². The summed E-state index contributed by atoms with van der Waals surface area (Å²) in [6.07, 6.45) is 1.62. The first-order valence-corrected chi connectivity index (χ1v) is 5.21. The van der Waals surface area contributed by atoms with Crippen LogP contribution in [0.15, 0.2) is 27.5 Å². The van der Waals surface area contributed by atoms with Crippen molar-refractivity contribution in [3.05, 3.63) is 49.8 Å². The van der Waals surface area contributed by atoms with Crippen molar-refractivity contribution in [1.29, 1.82) is 0 Å². The summed E-state index contributed by atoms with van der Waals surface area (Å²) >= 11 is 5.89. The maximum atomic E-state index is 11.4. The SMILES string of the molecule is C=c1[nH]oc(=O)c1=Cc1cc(Cl)ccc1OC. The molecule has 5 heteroatoms. The Labute approximate surface area is 102 Å². The van der Waals surface area contributed by atoms with Gasteiger partial charge < -0.3 is 9.26 Å². The number of ether oxygens (including phenoxy) is 1. The van der Waals surface area contributed by atoms with E-state index in [0.29, 0.717) is 26.9 Å². The van der Waals surface area contributed by atoms with Crippen LogP contribution >= 0.6 is 11.6 Å².